The molecule has 0 bridgehead atoms. The van der Waals surface area contributed by atoms with Crippen molar-refractivity contribution in [1.29, 1.82) is 0 Å². The van der Waals surface area contributed by atoms with Crippen molar-refractivity contribution in [3.8, 4) is 0 Å². The number of carbonyl (C=O) groups is 2. The third-order valence-corrected chi connectivity index (χ3v) is 4.56. The molecule has 1 amide bonds. The number of carbonyl (C=O) groups excluding carboxylic acids is 1. The molecule has 2 aliphatic heterocycles. The van der Waals surface area contributed by atoms with E-state index >= 15 is 0 Å². The third kappa shape index (κ3) is 2.12. The van der Waals surface area contributed by atoms with E-state index in [0.29, 0.717) is 18.7 Å². The molecule has 0 radical (unpaired) electrons. The quantitative estimate of drug-likeness (QED) is 0.650. The Morgan fingerprint density at radius 1 is 1.42 bits per heavy atom. The van der Waals surface area contributed by atoms with E-state index in [1.54, 1.807) is 11.8 Å². The van der Waals surface area contributed by atoms with Gasteiger partial charge in [-0.05, 0) is 0 Å². The average Bonchev–Trinajstić information content (AvgIpc) is 2.39. The molecule has 1 atom stereocenters. The van der Waals surface area contributed by atoms with Gasteiger partial charge in [-0.15, -0.1) is 11.8 Å². The molecule has 1 N–H and O–H groups in total. The van der Waals surface area contributed by atoms with Crippen LogP contribution < -0.4 is 4.57 Å². The van der Waals surface area contributed by atoms with Crippen molar-refractivity contribution in [2.24, 2.45) is 0 Å². The molecule has 0 spiro atoms. The summed E-state index contributed by atoms with van der Waals surface area (Å²) in [6.45, 7) is 0.506. The first kappa shape index (κ1) is 12.2. The summed E-state index contributed by atoms with van der Waals surface area (Å²) in [6, 6.07) is 5.71. The first-order valence-corrected chi connectivity index (χ1v) is 7.05. The summed E-state index contributed by atoms with van der Waals surface area (Å²) in [4.78, 5) is 24.4. The van der Waals surface area contributed by atoms with Gasteiger partial charge in [-0.3, -0.25) is 9.69 Å². The number of nitrogens with zero attached hydrogens (tertiary/aromatic N) is 2. The predicted molar refractivity (Wildman–Crippen MR) is 69.0 cm³/mol. The molecule has 1 aromatic rings. The molecule has 5 nitrogen and oxygen atoms in total. The highest BCUT2D eigenvalue weighted by Gasteiger charge is 2.45. The van der Waals surface area contributed by atoms with Crippen LogP contribution in [0.1, 0.15) is 6.42 Å². The van der Waals surface area contributed by atoms with Gasteiger partial charge in [0.25, 0.3) is 0 Å². The predicted octanol–water partition coefficient (Wildman–Crippen LogP) is 0.618. The second kappa shape index (κ2) is 4.70. The summed E-state index contributed by atoms with van der Waals surface area (Å²) in [5, 5.41) is 9.37. The van der Waals surface area contributed by atoms with Gasteiger partial charge < -0.3 is 5.11 Å². The Labute approximate surface area is 114 Å². The average molecular weight is 277 g/mol. The Balaban J connectivity index is 1.94. The lowest BCUT2D eigenvalue weighted by atomic mass is 10.1. The zero-order valence-electron chi connectivity index (χ0n) is 10.2. The highest BCUT2D eigenvalue weighted by molar-refractivity contribution is 8.00. The molecule has 1 aromatic heterocycles. The summed E-state index contributed by atoms with van der Waals surface area (Å²) in [7, 11) is 0. The van der Waals surface area contributed by atoms with Crippen LogP contribution in [0.25, 0.3) is 0 Å². The van der Waals surface area contributed by atoms with E-state index < -0.39 is 5.97 Å². The van der Waals surface area contributed by atoms with Gasteiger partial charge in [-0.25, -0.2) is 9.36 Å². The van der Waals surface area contributed by atoms with Crippen LogP contribution in [-0.4, -0.2) is 33.0 Å². The van der Waals surface area contributed by atoms with Crippen LogP contribution in [0.3, 0.4) is 0 Å². The standard InChI is InChI=1S/C13H12N2O3S/c16-10-6-11-15(10)12(13(17)18)9(8-19-11)7-14-4-2-1-3-5-14/h1-5,11H,6-8H2/p+1/t11-/m0/s1. The van der Waals surface area contributed by atoms with Crippen LogP contribution in [0, 0.1) is 0 Å². The van der Waals surface area contributed by atoms with Gasteiger partial charge in [0.15, 0.2) is 18.9 Å². The first-order valence-electron chi connectivity index (χ1n) is 6.00. The van der Waals surface area contributed by atoms with Crippen LogP contribution in [0.4, 0.5) is 0 Å². The van der Waals surface area contributed by atoms with E-state index in [-0.39, 0.29) is 17.0 Å². The fraction of sp³-hybridized carbons (Fsp3) is 0.308. The normalized spacial score (nSPS) is 22.0. The number of hydrogen-bond acceptors (Lipinski definition) is 3. The number of aromatic nitrogens is 1. The molecule has 2 aliphatic rings. The Morgan fingerprint density at radius 3 is 2.79 bits per heavy atom. The summed E-state index contributed by atoms with van der Waals surface area (Å²) in [5.74, 6) is -0.437. The molecule has 0 aromatic carbocycles. The summed E-state index contributed by atoms with van der Waals surface area (Å²) >= 11 is 1.64. The highest BCUT2D eigenvalue weighted by Crippen LogP contribution is 2.39. The molecular weight excluding hydrogens is 264 g/mol. The summed E-state index contributed by atoms with van der Waals surface area (Å²) in [5.41, 5.74) is 0.967. The largest absolute Gasteiger partial charge is 0.477 e. The Kier molecular flexibility index (Phi) is 3.02. The second-order valence-corrected chi connectivity index (χ2v) is 5.70. The molecule has 1 saturated heterocycles. The highest BCUT2D eigenvalue weighted by atomic mass is 32.2. The number of carboxylic acid groups (broad SMARTS) is 1. The number of β-lactam (4-membered cyclic amide) rings is 1. The van der Waals surface area contributed by atoms with E-state index in [1.807, 2.05) is 35.2 Å². The Bertz CT molecular complexity index is 571. The summed E-state index contributed by atoms with van der Waals surface area (Å²) < 4.78 is 1.92. The van der Waals surface area contributed by atoms with Crippen molar-refractivity contribution in [2.45, 2.75) is 18.3 Å². The molecule has 0 saturated carbocycles. The van der Waals surface area contributed by atoms with Crippen molar-refractivity contribution in [3.63, 3.8) is 0 Å². The molecule has 0 unspecified atom stereocenters. The number of amides is 1. The zero-order valence-corrected chi connectivity index (χ0v) is 11.0. The number of rotatable bonds is 3. The van der Waals surface area contributed by atoms with E-state index in [9.17, 15) is 14.7 Å². The second-order valence-electron chi connectivity index (χ2n) is 4.54. The topological polar surface area (TPSA) is 61.5 Å². The van der Waals surface area contributed by atoms with Gasteiger partial charge in [0.2, 0.25) is 5.91 Å². The minimum absolute atomic E-state index is 0.0168. The van der Waals surface area contributed by atoms with E-state index in [1.165, 1.54) is 4.90 Å². The molecule has 0 aliphatic carbocycles. The van der Waals surface area contributed by atoms with Crippen molar-refractivity contribution in [3.05, 3.63) is 41.9 Å². The van der Waals surface area contributed by atoms with Crippen molar-refractivity contribution in [1.82, 2.24) is 4.90 Å². The van der Waals surface area contributed by atoms with Gasteiger partial charge in [0, 0.05) is 23.5 Å². The lowest BCUT2D eigenvalue weighted by molar-refractivity contribution is -0.689. The number of carboxylic acids is 1. The van der Waals surface area contributed by atoms with E-state index in [0.717, 1.165) is 5.57 Å². The molecule has 19 heavy (non-hydrogen) atoms. The molecule has 3 rings (SSSR count). The molecular formula is C13H13N2O3S+. The minimum atomic E-state index is -1.01. The monoisotopic (exact) mass is 277 g/mol. The Morgan fingerprint density at radius 2 is 2.16 bits per heavy atom. The van der Waals surface area contributed by atoms with Crippen LogP contribution in [-0.2, 0) is 16.1 Å². The van der Waals surface area contributed by atoms with Crippen LogP contribution >= 0.6 is 11.8 Å². The SMILES string of the molecule is O=C(O)C1=C(C[n+]2ccccc2)CS[C@H]2CC(=O)N12. The van der Waals surface area contributed by atoms with Gasteiger partial charge >= 0.3 is 5.97 Å². The number of fused-ring (bicyclic) bond motifs is 1. The maximum atomic E-state index is 11.6. The maximum Gasteiger partial charge on any atom is 0.352 e. The van der Waals surface area contributed by atoms with E-state index in [2.05, 4.69) is 0 Å². The number of thioether (sulfide) groups is 1. The fourth-order valence-electron chi connectivity index (χ4n) is 2.36. The molecule has 3 heterocycles. The third-order valence-electron chi connectivity index (χ3n) is 3.28. The lowest BCUT2D eigenvalue weighted by Crippen LogP contribution is -2.54. The van der Waals surface area contributed by atoms with Crippen LogP contribution in [0.5, 0.6) is 0 Å². The van der Waals surface area contributed by atoms with Gasteiger partial charge in [0.1, 0.15) is 5.70 Å². The minimum Gasteiger partial charge on any atom is -0.477 e. The number of hydrogen-bond donors (Lipinski definition) is 1. The fourth-order valence-corrected chi connectivity index (χ4v) is 3.61. The summed E-state index contributed by atoms with van der Waals surface area (Å²) in [6.07, 6.45) is 4.23. The van der Waals surface area contributed by atoms with Gasteiger partial charge in [-0.2, -0.15) is 0 Å². The molecule has 1 fully saturated rings. The molecule has 98 valence electrons. The zero-order chi connectivity index (χ0) is 13.4. The maximum absolute atomic E-state index is 11.6. The van der Waals surface area contributed by atoms with Crippen LogP contribution in [0.15, 0.2) is 41.9 Å². The van der Waals surface area contributed by atoms with Gasteiger partial charge in [-0.1, -0.05) is 6.07 Å². The van der Waals surface area contributed by atoms with Crippen LogP contribution in [0.2, 0.25) is 0 Å². The number of aliphatic carboxylic acids is 1. The van der Waals surface area contributed by atoms with Crippen molar-refractivity contribution in [2.75, 3.05) is 5.75 Å². The lowest BCUT2D eigenvalue weighted by Gasteiger charge is -2.43. The van der Waals surface area contributed by atoms with Gasteiger partial charge in [0.05, 0.1) is 11.8 Å². The smallest absolute Gasteiger partial charge is 0.352 e. The van der Waals surface area contributed by atoms with E-state index in [4.69, 9.17) is 0 Å². The first-order chi connectivity index (χ1) is 9.16. The number of pyridine rings is 1. The Hall–Kier alpha value is -1.82. The van der Waals surface area contributed by atoms with Crippen molar-refractivity contribution < 1.29 is 19.3 Å². The molecule has 6 heteroatoms. The van der Waals surface area contributed by atoms with Crippen molar-refractivity contribution >= 4 is 23.6 Å².